The molecular formula is C13H8N8. The molecule has 0 aliphatic heterocycles. The van der Waals surface area contributed by atoms with E-state index >= 15 is 0 Å². The SMILES string of the molecule is N#CCc1nc2ccccc2n1-c1ccc2nnnn2n1. The van der Waals surface area contributed by atoms with E-state index in [0.29, 0.717) is 17.3 Å². The van der Waals surface area contributed by atoms with Gasteiger partial charge in [-0.2, -0.15) is 5.26 Å². The first kappa shape index (κ1) is 11.5. The molecule has 1 aromatic carbocycles. The molecule has 0 bridgehead atoms. The second-order valence-electron chi connectivity index (χ2n) is 4.41. The number of benzene rings is 1. The summed E-state index contributed by atoms with van der Waals surface area (Å²) in [6.45, 7) is 0. The maximum Gasteiger partial charge on any atom is 0.200 e. The summed E-state index contributed by atoms with van der Waals surface area (Å²) in [5.74, 6) is 1.26. The third kappa shape index (κ3) is 1.72. The summed E-state index contributed by atoms with van der Waals surface area (Å²) in [6.07, 6.45) is 0.198. The lowest BCUT2D eigenvalue weighted by Crippen LogP contribution is -2.06. The number of aromatic nitrogens is 7. The Morgan fingerprint density at radius 2 is 2.05 bits per heavy atom. The van der Waals surface area contributed by atoms with Crippen LogP contribution in [0.15, 0.2) is 36.4 Å². The van der Waals surface area contributed by atoms with Gasteiger partial charge in [0.05, 0.1) is 23.5 Å². The van der Waals surface area contributed by atoms with Crippen LogP contribution < -0.4 is 0 Å². The summed E-state index contributed by atoms with van der Waals surface area (Å²) in [6, 6.07) is 13.4. The van der Waals surface area contributed by atoms with Crippen LogP contribution in [-0.4, -0.2) is 34.8 Å². The highest BCUT2D eigenvalue weighted by Gasteiger charge is 2.13. The van der Waals surface area contributed by atoms with Crippen molar-refractivity contribution in [3.63, 3.8) is 0 Å². The standard InChI is InChI=1S/C13H8N8/c14-8-7-11-15-9-3-1-2-4-10(9)20(11)13-6-5-12-16-18-19-21(12)17-13/h1-6H,7H2. The van der Waals surface area contributed by atoms with Gasteiger partial charge in [-0.3, -0.25) is 4.57 Å². The van der Waals surface area contributed by atoms with Gasteiger partial charge in [0.1, 0.15) is 5.82 Å². The maximum absolute atomic E-state index is 8.99. The van der Waals surface area contributed by atoms with E-state index in [0.717, 1.165) is 11.0 Å². The first-order valence-corrected chi connectivity index (χ1v) is 6.26. The zero-order valence-corrected chi connectivity index (χ0v) is 10.7. The number of hydrogen-bond acceptors (Lipinski definition) is 6. The van der Waals surface area contributed by atoms with E-state index in [-0.39, 0.29) is 6.42 Å². The Morgan fingerprint density at radius 3 is 2.95 bits per heavy atom. The molecule has 3 aromatic heterocycles. The molecule has 0 aliphatic carbocycles. The number of nitrogens with zero attached hydrogens (tertiary/aromatic N) is 8. The summed E-state index contributed by atoms with van der Waals surface area (Å²) >= 11 is 0. The van der Waals surface area contributed by atoms with E-state index in [1.54, 1.807) is 12.1 Å². The summed E-state index contributed by atoms with van der Waals surface area (Å²) in [5, 5.41) is 24.5. The first-order chi connectivity index (χ1) is 10.4. The number of rotatable bonds is 2. The average molecular weight is 276 g/mol. The molecule has 0 aliphatic rings. The molecule has 0 fully saturated rings. The summed E-state index contributed by atoms with van der Waals surface area (Å²) in [7, 11) is 0. The summed E-state index contributed by atoms with van der Waals surface area (Å²) in [5.41, 5.74) is 2.27. The predicted molar refractivity (Wildman–Crippen MR) is 72.5 cm³/mol. The molecule has 0 radical (unpaired) electrons. The Balaban J connectivity index is 2.03. The molecule has 0 saturated carbocycles. The maximum atomic E-state index is 8.99. The zero-order valence-electron chi connectivity index (χ0n) is 10.7. The van der Waals surface area contributed by atoms with Crippen LogP contribution in [0.4, 0.5) is 0 Å². The minimum Gasteiger partial charge on any atom is -0.278 e. The first-order valence-electron chi connectivity index (χ1n) is 6.26. The normalized spacial score (nSPS) is 11.0. The quantitative estimate of drug-likeness (QED) is 0.540. The van der Waals surface area contributed by atoms with Crippen LogP contribution in [0.1, 0.15) is 5.82 Å². The number of imidazole rings is 1. The molecule has 0 unspecified atom stereocenters. The Labute approximate surface area is 118 Å². The fourth-order valence-corrected chi connectivity index (χ4v) is 2.28. The van der Waals surface area contributed by atoms with Crippen LogP contribution in [0.5, 0.6) is 0 Å². The predicted octanol–water partition coefficient (Wildman–Crippen LogP) is 0.924. The molecule has 0 N–H and O–H groups in total. The molecule has 4 aromatic rings. The lowest BCUT2D eigenvalue weighted by atomic mass is 10.3. The lowest BCUT2D eigenvalue weighted by molar-refractivity contribution is 0.716. The second-order valence-corrected chi connectivity index (χ2v) is 4.41. The second kappa shape index (κ2) is 4.35. The fourth-order valence-electron chi connectivity index (χ4n) is 2.28. The Bertz CT molecular complexity index is 990. The minimum atomic E-state index is 0.198. The van der Waals surface area contributed by atoms with Gasteiger partial charge in [0, 0.05) is 0 Å². The highest BCUT2D eigenvalue weighted by Crippen LogP contribution is 2.20. The number of nitriles is 1. The Hall–Kier alpha value is -3.34. The van der Waals surface area contributed by atoms with Crippen molar-refractivity contribution in [3.8, 4) is 11.9 Å². The smallest absolute Gasteiger partial charge is 0.200 e. The van der Waals surface area contributed by atoms with Gasteiger partial charge in [-0.25, -0.2) is 4.98 Å². The molecule has 0 amide bonds. The van der Waals surface area contributed by atoms with Crippen LogP contribution in [0.3, 0.4) is 0 Å². The Kier molecular flexibility index (Phi) is 2.38. The molecule has 21 heavy (non-hydrogen) atoms. The van der Waals surface area contributed by atoms with E-state index in [9.17, 15) is 0 Å². The van der Waals surface area contributed by atoms with Crippen molar-refractivity contribution in [1.82, 2.24) is 34.8 Å². The largest absolute Gasteiger partial charge is 0.278 e. The molecule has 0 atom stereocenters. The monoisotopic (exact) mass is 276 g/mol. The van der Waals surface area contributed by atoms with Crippen molar-refractivity contribution in [3.05, 3.63) is 42.2 Å². The van der Waals surface area contributed by atoms with Crippen molar-refractivity contribution < 1.29 is 0 Å². The van der Waals surface area contributed by atoms with E-state index in [1.165, 1.54) is 4.63 Å². The number of para-hydroxylation sites is 2. The van der Waals surface area contributed by atoms with Crippen molar-refractivity contribution in [1.29, 1.82) is 5.26 Å². The minimum absolute atomic E-state index is 0.198. The third-order valence-corrected chi connectivity index (χ3v) is 3.15. The van der Waals surface area contributed by atoms with Gasteiger partial charge in [-0.05, 0) is 34.7 Å². The van der Waals surface area contributed by atoms with Gasteiger partial charge >= 0.3 is 0 Å². The van der Waals surface area contributed by atoms with E-state index in [4.69, 9.17) is 5.26 Å². The number of fused-ring (bicyclic) bond motifs is 2. The van der Waals surface area contributed by atoms with E-state index in [1.807, 2.05) is 28.8 Å². The molecule has 8 heteroatoms. The fraction of sp³-hybridized carbons (Fsp3) is 0.0769. The van der Waals surface area contributed by atoms with Gasteiger partial charge in [-0.1, -0.05) is 12.1 Å². The summed E-state index contributed by atoms with van der Waals surface area (Å²) < 4.78 is 3.19. The van der Waals surface area contributed by atoms with Crippen molar-refractivity contribution in [2.45, 2.75) is 6.42 Å². The number of hydrogen-bond donors (Lipinski definition) is 0. The molecule has 4 rings (SSSR count). The van der Waals surface area contributed by atoms with Gasteiger partial charge in [0.15, 0.2) is 11.5 Å². The third-order valence-electron chi connectivity index (χ3n) is 3.15. The zero-order chi connectivity index (χ0) is 14.2. The molecule has 0 spiro atoms. The topological polar surface area (TPSA) is 97.6 Å². The van der Waals surface area contributed by atoms with E-state index < -0.39 is 0 Å². The molecule has 100 valence electrons. The van der Waals surface area contributed by atoms with Gasteiger partial charge in [0.25, 0.3) is 0 Å². The van der Waals surface area contributed by atoms with Crippen LogP contribution in [0.25, 0.3) is 22.5 Å². The molecule has 8 nitrogen and oxygen atoms in total. The molecule has 3 heterocycles. The molecular weight excluding hydrogens is 268 g/mol. The summed E-state index contributed by atoms with van der Waals surface area (Å²) in [4.78, 5) is 4.49. The van der Waals surface area contributed by atoms with E-state index in [2.05, 4.69) is 31.7 Å². The average Bonchev–Trinajstić information content (AvgIpc) is 3.10. The lowest BCUT2D eigenvalue weighted by Gasteiger charge is -2.05. The van der Waals surface area contributed by atoms with Crippen molar-refractivity contribution in [2.75, 3.05) is 0 Å². The highest BCUT2D eigenvalue weighted by atomic mass is 15.6. The van der Waals surface area contributed by atoms with Crippen LogP contribution in [-0.2, 0) is 6.42 Å². The van der Waals surface area contributed by atoms with Crippen molar-refractivity contribution in [2.24, 2.45) is 0 Å². The van der Waals surface area contributed by atoms with Crippen LogP contribution in [0, 0.1) is 11.3 Å². The number of tetrazole rings is 1. The van der Waals surface area contributed by atoms with Crippen LogP contribution in [0.2, 0.25) is 0 Å². The van der Waals surface area contributed by atoms with Gasteiger partial charge in [-0.15, -0.1) is 14.8 Å². The van der Waals surface area contributed by atoms with Crippen molar-refractivity contribution >= 4 is 16.7 Å². The highest BCUT2D eigenvalue weighted by molar-refractivity contribution is 5.77. The van der Waals surface area contributed by atoms with Gasteiger partial charge < -0.3 is 0 Å². The van der Waals surface area contributed by atoms with Crippen LogP contribution >= 0.6 is 0 Å². The Morgan fingerprint density at radius 1 is 1.14 bits per heavy atom. The molecule has 0 saturated heterocycles. The van der Waals surface area contributed by atoms with Gasteiger partial charge in [0.2, 0.25) is 0 Å².